The zero-order valence-corrected chi connectivity index (χ0v) is 16.7. The summed E-state index contributed by atoms with van der Waals surface area (Å²) in [5.74, 6) is 0. The maximum absolute atomic E-state index is 6.15. The van der Waals surface area contributed by atoms with Gasteiger partial charge in [-0.2, -0.15) is 0 Å². The van der Waals surface area contributed by atoms with E-state index in [1.165, 1.54) is 5.56 Å². The fourth-order valence-corrected chi connectivity index (χ4v) is 3.63. The lowest BCUT2D eigenvalue weighted by Gasteiger charge is -2.29. The molecular weight excluding hydrogens is 351 g/mol. The average molecular weight is 379 g/mol. The number of hydrogen-bond acceptors (Lipinski definition) is 2. The second-order valence-electron chi connectivity index (χ2n) is 6.63. The van der Waals surface area contributed by atoms with Crippen LogP contribution in [-0.2, 0) is 12.8 Å². The molecule has 2 rings (SSSR count). The molecular formula is C21H28Cl2N2. The van der Waals surface area contributed by atoms with E-state index in [9.17, 15) is 0 Å². The quantitative estimate of drug-likeness (QED) is 0.554. The van der Waals surface area contributed by atoms with Gasteiger partial charge in [0.05, 0.1) is 15.7 Å². The van der Waals surface area contributed by atoms with E-state index in [-0.39, 0.29) is 0 Å². The van der Waals surface area contributed by atoms with Gasteiger partial charge in [0.15, 0.2) is 0 Å². The van der Waals surface area contributed by atoms with Gasteiger partial charge in [0.25, 0.3) is 0 Å². The first-order valence-electron chi connectivity index (χ1n) is 9.02. The second kappa shape index (κ2) is 10.1. The molecule has 1 unspecified atom stereocenters. The maximum Gasteiger partial charge on any atom is 0.0693 e. The van der Waals surface area contributed by atoms with Crippen LogP contribution >= 0.6 is 23.2 Å². The molecule has 136 valence electrons. The fraction of sp³-hybridized carbons (Fsp3) is 0.429. The second-order valence-corrected chi connectivity index (χ2v) is 7.45. The third kappa shape index (κ3) is 6.22. The molecule has 2 aromatic carbocycles. The number of benzene rings is 2. The van der Waals surface area contributed by atoms with Crippen molar-refractivity contribution >= 4 is 28.9 Å². The van der Waals surface area contributed by atoms with Gasteiger partial charge in [-0.05, 0) is 62.4 Å². The average Bonchev–Trinajstić information content (AvgIpc) is 2.61. The third-order valence-electron chi connectivity index (χ3n) is 4.65. The highest BCUT2D eigenvalue weighted by atomic mass is 35.5. The topological polar surface area (TPSA) is 29.3 Å². The van der Waals surface area contributed by atoms with Gasteiger partial charge in [-0.1, -0.05) is 60.5 Å². The number of rotatable bonds is 9. The van der Waals surface area contributed by atoms with Crippen molar-refractivity contribution in [2.45, 2.75) is 45.6 Å². The highest BCUT2D eigenvalue weighted by Crippen LogP contribution is 2.29. The highest BCUT2D eigenvalue weighted by Gasteiger charge is 2.14. The zero-order chi connectivity index (χ0) is 18.2. The maximum atomic E-state index is 6.15. The predicted octanol–water partition coefficient (Wildman–Crippen LogP) is 5.85. The van der Waals surface area contributed by atoms with Crippen LogP contribution in [0, 0.1) is 0 Å². The number of anilines is 1. The molecule has 2 N–H and O–H groups in total. The van der Waals surface area contributed by atoms with Gasteiger partial charge < -0.3 is 10.6 Å². The van der Waals surface area contributed by atoms with Crippen molar-refractivity contribution in [3.05, 3.63) is 63.6 Å². The summed E-state index contributed by atoms with van der Waals surface area (Å²) in [4.78, 5) is 2.56. The molecule has 0 aliphatic heterocycles. The normalized spacial score (nSPS) is 12.5. The van der Waals surface area contributed by atoms with Crippen molar-refractivity contribution in [1.29, 1.82) is 0 Å². The smallest absolute Gasteiger partial charge is 0.0693 e. The number of aryl methyl sites for hydroxylation is 1. The Morgan fingerprint density at radius 1 is 0.960 bits per heavy atom. The molecule has 0 aliphatic carbocycles. The SMILES string of the molecule is CCCN(CCc1cc(Cl)c(N)c(Cl)c1)C(C)CCc1ccccc1. The van der Waals surface area contributed by atoms with Crippen molar-refractivity contribution in [3.63, 3.8) is 0 Å². The Balaban J connectivity index is 1.93. The summed E-state index contributed by atoms with van der Waals surface area (Å²) >= 11 is 12.3. The number of halogens is 2. The number of hydrogen-bond donors (Lipinski definition) is 1. The molecule has 0 saturated heterocycles. The van der Waals surface area contributed by atoms with Crippen LogP contribution in [-0.4, -0.2) is 24.0 Å². The van der Waals surface area contributed by atoms with Gasteiger partial charge in [-0.3, -0.25) is 0 Å². The first kappa shape index (κ1) is 20.1. The standard InChI is InChI=1S/C21H28Cl2N2/c1-3-12-25(16(2)9-10-17-7-5-4-6-8-17)13-11-18-14-19(22)21(24)20(23)15-18/h4-8,14-16H,3,9-13,24H2,1-2H3. The van der Waals surface area contributed by atoms with Crippen molar-refractivity contribution in [3.8, 4) is 0 Å². The van der Waals surface area contributed by atoms with Crippen LogP contribution in [0.5, 0.6) is 0 Å². The van der Waals surface area contributed by atoms with E-state index in [4.69, 9.17) is 28.9 Å². The van der Waals surface area contributed by atoms with E-state index in [2.05, 4.69) is 49.1 Å². The Hall–Kier alpha value is -1.22. The van der Waals surface area contributed by atoms with Gasteiger partial charge in [-0.25, -0.2) is 0 Å². The summed E-state index contributed by atoms with van der Waals surface area (Å²) in [5.41, 5.74) is 8.83. The lowest BCUT2D eigenvalue weighted by atomic mass is 10.0. The summed E-state index contributed by atoms with van der Waals surface area (Å²) in [7, 11) is 0. The highest BCUT2D eigenvalue weighted by molar-refractivity contribution is 6.38. The van der Waals surface area contributed by atoms with Gasteiger partial charge in [0, 0.05) is 12.6 Å². The van der Waals surface area contributed by atoms with Gasteiger partial charge in [0.1, 0.15) is 0 Å². The molecule has 0 heterocycles. The molecule has 0 fully saturated rings. The molecule has 0 spiro atoms. The van der Waals surface area contributed by atoms with Crippen LogP contribution in [0.4, 0.5) is 5.69 Å². The lowest BCUT2D eigenvalue weighted by molar-refractivity contribution is 0.202. The molecule has 1 atom stereocenters. The van der Waals surface area contributed by atoms with E-state index in [0.29, 0.717) is 21.8 Å². The molecule has 0 bridgehead atoms. The number of nitrogens with two attached hydrogens (primary N) is 1. The van der Waals surface area contributed by atoms with E-state index < -0.39 is 0 Å². The molecule has 0 saturated carbocycles. The van der Waals surface area contributed by atoms with Crippen LogP contribution < -0.4 is 5.73 Å². The van der Waals surface area contributed by atoms with Crippen molar-refractivity contribution < 1.29 is 0 Å². The first-order chi connectivity index (χ1) is 12.0. The third-order valence-corrected chi connectivity index (χ3v) is 5.28. The Bertz CT molecular complexity index is 635. The van der Waals surface area contributed by atoms with Crippen molar-refractivity contribution in [2.24, 2.45) is 0 Å². The summed E-state index contributed by atoms with van der Waals surface area (Å²) < 4.78 is 0. The molecule has 2 nitrogen and oxygen atoms in total. The van der Waals surface area contributed by atoms with Gasteiger partial charge >= 0.3 is 0 Å². The zero-order valence-electron chi connectivity index (χ0n) is 15.1. The first-order valence-corrected chi connectivity index (χ1v) is 9.78. The van der Waals surface area contributed by atoms with Crippen molar-refractivity contribution in [1.82, 2.24) is 4.90 Å². The molecule has 0 aromatic heterocycles. The van der Waals surface area contributed by atoms with Gasteiger partial charge in [-0.15, -0.1) is 0 Å². The Labute approximate surface area is 161 Å². The number of nitrogens with zero attached hydrogens (tertiary/aromatic N) is 1. The van der Waals surface area contributed by atoms with E-state index >= 15 is 0 Å². The van der Waals surface area contributed by atoms with Crippen LogP contribution in [0.1, 0.15) is 37.8 Å². The summed E-state index contributed by atoms with van der Waals surface area (Å²) in [5, 5.41) is 1.09. The van der Waals surface area contributed by atoms with Gasteiger partial charge in [0.2, 0.25) is 0 Å². The molecule has 0 amide bonds. The monoisotopic (exact) mass is 378 g/mol. The minimum absolute atomic E-state index is 0.466. The molecule has 25 heavy (non-hydrogen) atoms. The molecule has 0 aliphatic rings. The summed E-state index contributed by atoms with van der Waals surface area (Å²) in [6.45, 7) is 6.65. The Kier molecular flexibility index (Phi) is 8.08. The Morgan fingerprint density at radius 2 is 1.60 bits per heavy atom. The van der Waals surface area contributed by atoms with E-state index in [1.807, 2.05) is 12.1 Å². The number of nitrogen functional groups attached to an aromatic ring is 1. The predicted molar refractivity (Wildman–Crippen MR) is 111 cm³/mol. The fourth-order valence-electron chi connectivity index (χ4n) is 3.10. The Morgan fingerprint density at radius 3 is 2.20 bits per heavy atom. The molecule has 0 radical (unpaired) electrons. The largest absolute Gasteiger partial charge is 0.396 e. The van der Waals surface area contributed by atoms with Crippen LogP contribution in [0.25, 0.3) is 0 Å². The van der Waals surface area contributed by atoms with Crippen LogP contribution in [0.2, 0.25) is 10.0 Å². The van der Waals surface area contributed by atoms with E-state index in [1.54, 1.807) is 0 Å². The minimum atomic E-state index is 0.466. The van der Waals surface area contributed by atoms with Crippen LogP contribution in [0.3, 0.4) is 0 Å². The van der Waals surface area contributed by atoms with E-state index in [0.717, 1.165) is 44.3 Å². The van der Waals surface area contributed by atoms with Crippen molar-refractivity contribution in [2.75, 3.05) is 18.8 Å². The molecule has 2 aromatic rings. The lowest BCUT2D eigenvalue weighted by Crippen LogP contribution is -2.35. The minimum Gasteiger partial charge on any atom is -0.396 e. The summed E-state index contributed by atoms with van der Waals surface area (Å²) in [6.07, 6.45) is 4.35. The van der Waals surface area contributed by atoms with Crippen LogP contribution in [0.15, 0.2) is 42.5 Å². The summed E-state index contributed by atoms with van der Waals surface area (Å²) in [6, 6.07) is 15.1. The molecule has 4 heteroatoms.